The van der Waals surface area contributed by atoms with Crippen LogP contribution < -0.4 is 0 Å². The minimum atomic E-state index is -0.331. The van der Waals surface area contributed by atoms with Crippen LogP contribution in [0.1, 0.15) is 28.8 Å². The third kappa shape index (κ3) is 3.04. The molecule has 0 fully saturated rings. The summed E-state index contributed by atoms with van der Waals surface area (Å²) in [6, 6.07) is 7.17. The van der Waals surface area contributed by atoms with Crippen LogP contribution in [-0.4, -0.2) is 17.3 Å². The van der Waals surface area contributed by atoms with Crippen molar-refractivity contribution in [3.8, 4) is 0 Å². The Bertz CT molecular complexity index is 371. The van der Waals surface area contributed by atoms with Crippen molar-refractivity contribution in [3.05, 3.63) is 35.4 Å². The number of rotatable bonds is 3. The van der Waals surface area contributed by atoms with Gasteiger partial charge in [0, 0.05) is 5.92 Å². The molecular weight excluding hydrogens is 228 g/mol. The maximum atomic E-state index is 11.2. The fraction of sp³-hybridized carbons (Fsp3) is 0.273. The SMILES string of the molecule is COC(=O)c1ccc(C(C)C(=S)S)cc1. The van der Waals surface area contributed by atoms with Crippen molar-refractivity contribution in [3.63, 3.8) is 0 Å². The van der Waals surface area contributed by atoms with Gasteiger partial charge in [0.1, 0.15) is 0 Å². The van der Waals surface area contributed by atoms with E-state index in [1.165, 1.54) is 7.11 Å². The van der Waals surface area contributed by atoms with Crippen LogP contribution >= 0.6 is 24.8 Å². The molecule has 2 nitrogen and oxygen atoms in total. The maximum Gasteiger partial charge on any atom is 0.337 e. The van der Waals surface area contributed by atoms with Gasteiger partial charge >= 0.3 is 5.97 Å². The van der Waals surface area contributed by atoms with E-state index in [9.17, 15) is 4.79 Å². The number of thiocarbonyl (C=S) groups is 1. The molecule has 0 aliphatic heterocycles. The first kappa shape index (κ1) is 12.2. The quantitative estimate of drug-likeness (QED) is 0.500. The minimum Gasteiger partial charge on any atom is -0.465 e. The van der Waals surface area contributed by atoms with Gasteiger partial charge in [-0.1, -0.05) is 31.3 Å². The Balaban J connectivity index is 2.90. The summed E-state index contributed by atoms with van der Waals surface area (Å²) in [7, 11) is 1.36. The smallest absolute Gasteiger partial charge is 0.337 e. The lowest BCUT2D eigenvalue weighted by Crippen LogP contribution is -2.03. The van der Waals surface area contributed by atoms with Gasteiger partial charge in [0.25, 0.3) is 0 Å². The Labute approximate surface area is 100 Å². The largest absolute Gasteiger partial charge is 0.465 e. The number of carbonyl (C=O) groups is 1. The van der Waals surface area contributed by atoms with Crippen molar-refractivity contribution in [2.24, 2.45) is 0 Å². The molecule has 1 aromatic carbocycles. The molecule has 15 heavy (non-hydrogen) atoms. The molecule has 0 aromatic heterocycles. The molecular formula is C11H12O2S2. The van der Waals surface area contributed by atoms with Gasteiger partial charge in [0.05, 0.1) is 16.9 Å². The summed E-state index contributed by atoms with van der Waals surface area (Å²) >= 11 is 9.11. The average Bonchev–Trinajstić information content (AvgIpc) is 2.27. The van der Waals surface area contributed by atoms with Crippen LogP contribution in [-0.2, 0) is 4.74 Å². The molecule has 0 amide bonds. The van der Waals surface area contributed by atoms with Gasteiger partial charge in [-0.3, -0.25) is 0 Å². The molecule has 0 heterocycles. The first-order valence-electron chi connectivity index (χ1n) is 4.47. The van der Waals surface area contributed by atoms with E-state index in [4.69, 9.17) is 12.2 Å². The highest BCUT2D eigenvalue weighted by atomic mass is 32.1. The molecule has 1 atom stereocenters. The molecule has 0 bridgehead atoms. The number of hydrogen-bond acceptors (Lipinski definition) is 3. The Kier molecular flexibility index (Phi) is 4.29. The van der Waals surface area contributed by atoms with Crippen LogP contribution in [0.4, 0.5) is 0 Å². The summed E-state index contributed by atoms with van der Waals surface area (Å²) in [6.45, 7) is 1.97. The standard InChI is InChI=1S/C11H12O2S2/c1-7(11(14)15)8-3-5-9(6-4-8)10(12)13-2/h3-7H,1-2H3,(H,14,15). The van der Waals surface area contributed by atoms with Crippen molar-refractivity contribution >= 4 is 35.0 Å². The predicted octanol–water partition coefficient (Wildman–Crippen LogP) is 2.83. The van der Waals surface area contributed by atoms with E-state index in [0.717, 1.165) is 5.56 Å². The maximum absolute atomic E-state index is 11.2. The minimum absolute atomic E-state index is 0.107. The predicted molar refractivity (Wildman–Crippen MR) is 67.8 cm³/mol. The van der Waals surface area contributed by atoms with Crippen LogP contribution in [0.5, 0.6) is 0 Å². The summed E-state index contributed by atoms with van der Waals surface area (Å²) in [4.78, 5) is 11.2. The lowest BCUT2D eigenvalue weighted by Gasteiger charge is -2.09. The van der Waals surface area contributed by atoms with E-state index in [2.05, 4.69) is 17.4 Å². The molecule has 80 valence electrons. The van der Waals surface area contributed by atoms with E-state index in [1.807, 2.05) is 19.1 Å². The van der Waals surface area contributed by atoms with Crippen molar-refractivity contribution in [1.29, 1.82) is 0 Å². The second-order valence-corrected chi connectivity index (χ2v) is 4.40. The highest BCUT2D eigenvalue weighted by Gasteiger charge is 2.09. The summed E-state index contributed by atoms with van der Waals surface area (Å²) in [5, 5.41) is 0. The van der Waals surface area contributed by atoms with Crippen molar-refractivity contribution in [2.45, 2.75) is 12.8 Å². The average molecular weight is 240 g/mol. The Morgan fingerprint density at radius 2 is 1.93 bits per heavy atom. The van der Waals surface area contributed by atoms with Gasteiger partial charge in [-0.2, -0.15) is 0 Å². The monoisotopic (exact) mass is 240 g/mol. The second kappa shape index (κ2) is 5.28. The summed E-state index contributed by atoms with van der Waals surface area (Å²) in [6.07, 6.45) is 0. The van der Waals surface area contributed by atoms with Gasteiger partial charge in [-0.25, -0.2) is 4.79 Å². The summed E-state index contributed by atoms with van der Waals surface area (Å²) < 4.78 is 5.24. The number of methoxy groups -OCH3 is 1. The normalized spacial score (nSPS) is 11.9. The zero-order valence-electron chi connectivity index (χ0n) is 8.56. The van der Waals surface area contributed by atoms with Crippen molar-refractivity contribution in [1.82, 2.24) is 0 Å². The first-order valence-corrected chi connectivity index (χ1v) is 5.33. The fourth-order valence-corrected chi connectivity index (χ4v) is 1.45. The zero-order chi connectivity index (χ0) is 11.4. The lowest BCUT2D eigenvalue weighted by atomic mass is 10.0. The van der Waals surface area contributed by atoms with Gasteiger partial charge in [0.2, 0.25) is 0 Å². The third-order valence-electron chi connectivity index (χ3n) is 2.20. The molecule has 0 radical (unpaired) electrons. The van der Waals surface area contributed by atoms with Crippen LogP contribution in [0.2, 0.25) is 0 Å². The van der Waals surface area contributed by atoms with Gasteiger partial charge in [-0.05, 0) is 17.7 Å². The molecule has 0 aliphatic carbocycles. The number of carbonyl (C=O) groups excluding carboxylic acids is 1. The van der Waals surface area contributed by atoms with Gasteiger partial charge in [-0.15, -0.1) is 12.6 Å². The summed E-state index contributed by atoms with van der Waals surface area (Å²) in [5.74, 6) is -0.224. The van der Waals surface area contributed by atoms with Crippen molar-refractivity contribution in [2.75, 3.05) is 7.11 Å². The topological polar surface area (TPSA) is 26.3 Å². The highest BCUT2D eigenvalue weighted by Crippen LogP contribution is 2.19. The number of ether oxygens (including phenoxy) is 1. The number of thiol groups is 1. The second-order valence-electron chi connectivity index (χ2n) is 3.17. The number of benzene rings is 1. The van der Waals surface area contributed by atoms with Gasteiger partial charge < -0.3 is 4.74 Å². The molecule has 4 heteroatoms. The first-order chi connectivity index (χ1) is 7.06. The molecule has 1 aromatic rings. The van der Waals surface area contributed by atoms with E-state index in [1.54, 1.807) is 12.1 Å². The molecule has 1 rings (SSSR count). The third-order valence-corrected chi connectivity index (χ3v) is 2.94. The molecule has 0 saturated heterocycles. The van der Waals surface area contributed by atoms with Crippen molar-refractivity contribution < 1.29 is 9.53 Å². The van der Waals surface area contributed by atoms with Crippen LogP contribution in [0, 0.1) is 0 Å². The van der Waals surface area contributed by atoms with E-state index < -0.39 is 0 Å². The molecule has 0 saturated carbocycles. The highest BCUT2D eigenvalue weighted by molar-refractivity contribution is 8.11. The Morgan fingerprint density at radius 3 is 2.33 bits per heavy atom. The number of hydrogen-bond donors (Lipinski definition) is 1. The number of esters is 1. The van der Waals surface area contributed by atoms with Crippen LogP contribution in [0.25, 0.3) is 0 Å². The van der Waals surface area contributed by atoms with Gasteiger partial charge in [0.15, 0.2) is 0 Å². The fourth-order valence-electron chi connectivity index (χ4n) is 1.17. The summed E-state index contributed by atoms with van der Waals surface area (Å²) in [5.41, 5.74) is 1.58. The van der Waals surface area contributed by atoms with Crippen LogP contribution in [0.3, 0.4) is 0 Å². The van der Waals surface area contributed by atoms with E-state index >= 15 is 0 Å². The lowest BCUT2D eigenvalue weighted by molar-refractivity contribution is 0.0600. The zero-order valence-corrected chi connectivity index (χ0v) is 10.3. The molecule has 0 N–H and O–H groups in total. The Morgan fingerprint density at radius 1 is 1.40 bits per heavy atom. The van der Waals surface area contributed by atoms with Crippen LogP contribution in [0.15, 0.2) is 24.3 Å². The molecule has 1 unspecified atom stereocenters. The van der Waals surface area contributed by atoms with E-state index in [0.29, 0.717) is 9.76 Å². The Hall–Kier alpha value is -0.870. The molecule has 0 aliphatic rings. The van der Waals surface area contributed by atoms with E-state index in [-0.39, 0.29) is 11.9 Å². The molecule has 0 spiro atoms.